The number of ether oxygens (including phenoxy) is 1. The van der Waals surface area contributed by atoms with Crippen molar-refractivity contribution in [2.75, 3.05) is 32.8 Å². The van der Waals surface area contributed by atoms with Gasteiger partial charge < -0.3 is 25.4 Å². The van der Waals surface area contributed by atoms with Crippen molar-refractivity contribution in [2.45, 2.75) is 50.4 Å². The van der Waals surface area contributed by atoms with Crippen molar-refractivity contribution < 1.29 is 19.4 Å². The predicted octanol–water partition coefficient (Wildman–Crippen LogP) is -0.757. The van der Waals surface area contributed by atoms with Gasteiger partial charge >= 0.3 is 0 Å². The van der Waals surface area contributed by atoms with Crippen LogP contribution in [0.5, 0.6) is 0 Å². The number of β-amino-alcohol motifs (C(OH)–C–C–N with tert-alkyl or cyclic N) is 1. The number of likely N-dealkylation sites (tertiary alicyclic amines) is 1. The summed E-state index contributed by atoms with van der Waals surface area (Å²) in [4.78, 5) is 26.8. The monoisotopic (exact) mass is 325 g/mol. The topological polar surface area (TPSA) is 90.9 Å². The third kappa shape index (κ3) is 3.84. The van der Waals surface area contributed by atoms with Gasteiger partial charge in [0.05, 0.1) is 6.10 Å². The van der Waals surface area contributed by atoms with Crippen molar-refractivity contribution in [3.8, 4) is 0 Å². The molecule has 3 saturated heterocycles. The third-order valence-electron chi connectivity index (χ3n) is 5.14. The van der Waals surface area contributed by atoms with Gasteiger partial charge in [-0.1, -0.05) is 0 Å². The van der Waals surface area contributed by atoms with Gasteiger partial charge in [-0.2, -0.15) is 0 Å². The fourth-order valence-electron chi connectivity index (χ4n) is 3.70. The highest BCUT2D eigenvalue weighted by atomic mass is 16.5. The minimum Gasteiger partial charge on any atom is -0.391 e. The molecule has 3 fully saturated rings. The number of nitrogens with one attached hydrogen (secondary N) is 2. The largest absolute Gasteiger partial charge is 0.391 e. The van der Waals surface area contributed by atoms with Crippen molar-refractivity contribution in [2.24, 2.45) is 5.92 Å². The van der Waals surface area contributed by atoms with Crippen molar-refractivity contribution >= 4 is 11.8 Å². The lowest BCUT2D eigenvalue weighted by molar-refractivity contribution is -0.149. The molecule has 7 nitrogen and oxygen atoms in total. The molecule has 3 aliphatic heterocycles. The number of aliphatic hydroxyl groups is 1. The molecule has 0 aromatic rings. The molecular formula is C16H27N3O4. The molecule has 0 spiro atoms. The highest BCUT2D eigenvalue weighted by Crippen LogP contribution is 2.22. The second kappa shape index (κ2) is 7.59. The summed E-state index contributed by atoms with van der Waals surface area (Å²) in [7, 11) is 0. The quantitative estimate of drug-likeness (QED) is 0.632. The van der Waals surface area contributed by atoms with E-state index in [1.165, 1.54) is 0 Å². The molecule has 4 unspecified atom stereocenters. The lowest BCUT2D eigenvalue weighted by atomic mass is 9.99. The fraction of sp³-hybridized carbons (Fsp3) is 0.875. The van der Waals surface area contributed by atoms with Crippen molar-refractivity contribution in [3.05, 3.63) is 0 Å². The predicted molar refractivity (Wildman–Crippen MR) is 83.7 cm³/mol. The molecule has 0 radical (unpaired) electrons. The van der Waals surface area contributed by atoms with Gasteiger partial charge in [0.2, 0.25) is 5.91 Å². The Morgan fingerprint density at radius 1 is 1.22 bits per heavy atom. The van der Waals surface area contributed by atoms with Crippen LogP contribution in [-0.2, 0) is 14.3 Å². The van der Waals surface area contributed by atoms with Crippen LogP contribution in [0.25, 0.3) is 0 Å². The van der Waals surface area contributed by atoms with Crippen LogP contribution >= 0.6 is 0 Å². The Morgan fingerprint density at radius 2 is 2.09 bits per heavy atom. The number of nitrogens with zero attached hydrogens (tertiary/aromatic N) is 1. The molecule has 7 heteroatoms. The zero-order valence-electron chi connectivity index (χ0n) is 13.5. The van der Waals surface area contributed by atoms with Crippen LogP contribution in [0.4, 0.5) is 0 Å². The van der Waals surface area contributed by atoms with Crippen LogP contribution in [0, 0.1) is 5.92 Å². The smallest absolute Gasteiger partial charge is 0.252 e. The molecule has 3 rings (SSSR count). The summed E-state index contributed by atoms with van der Waals surface area (Å²) in [6, 6.07) is -0.396. The average molecular weight is 325 g/mol. The lowest BCUT2D eigenvalue weighted by Crippen LogP contribution is -2.55. The Kier molecular flexibility index (Phi) is 5.50. The van der Waals surface area contributed by atoms with E-state index in [0.717, 1.165) is 25.7 Å². The van der Waals surface area contributed by atoms with E-state index in [1.807, 2.05) is 0 Å². The first kappa shape index (κ1) is 16.7. The van der Waals surface area contributed by atoms with Gasteiger partial charge in [-0.25, -0.2) is 0 Å². The van der Waals surface area contributed by atoms with Gasteiger partial charge in [-0.3, -0.25) is 9.59 Å². The van der Waals surface area contributed by atoms with Crippen LogP contribution in [0.3, 0.4) is 0 Å². The van der Waals surface area contributed by atoms with E-state index in [1.54, 1.807) is 4.90 Å². The lowest BCUT2D eigenvalue weighted by Gasteiger charge is -2.36. The number of carbonyl (C=O) groups excluding carboxylic acids is 2. The van der Waals surface area contributed by atoms with E-state index in [9.17, 15) is 14.7 Å². The van der Waals surface area contributed by atoms with Gasteiger partial charge in [-0.05, 0) is 32.1 Å². The molecule has 3 aliphatic rings. The summed E-state index contributed by atoms with van der Waals surface area (Å²) in [5.41, 5.74) is 0. The van der Waals surface area contributed by atoms with Crippen LogP contribution in [0.2, 0.25) is 0 Å². The maximum absolute atomic E-state index is 12.6. The molecule has 2 amide bonds. The Labute approximate surface area is 136 Å². The molecule has 0 bridgehead atoms. The normalized spacial score (nSPS) is 34.6. The Morgan fingerprint density at radius 3 is 2.78 bits per heavy atom. The first-order valence-corrected chi connectivity index (χ1v) is 8.75. The molecule has 3 N–H and O–H groups in total. The number of hydrogen-bond acceptors (Lipinski definition) is 5. The minimum atomic E-state index is -0.411. The van der Waals surface area contributed by atoms with Crippen LogP contribution in [0.15, 0.2) is 0 Å². The number of rotatable bonds is 4. The van der Waals surface area contributed by atoms with Gasteiger partial charge in [0, 0.05) is 38.7 Å². The number of aliphatic hydroxyl groups excluding tert-OH is 1. The van der Waals surface area contributed by atoms with Gasteiger partial charge in [-0.15, -0.1) is 0 Å². The molecule has 23 heavy (non-hydrogen) atoms. The fourth-order valence-corrected chi connectivity index (χ4v) is 3.70. The van der Waals surface area contributed by atoms with Gasteiger partial charge in [0.25, 0.3) is 5.91 Å². The summed E-state index contributed by atoms with van der Waals surface area (Å²) in [6.07, 6.45) is 3.48. The van der Waals surface area contributed by atoms with Gasteiger partial charge in [0.15, 0.2) is 0 Å². The molecule has 130 valence electrons. The van der Waals surface area contributed by atoms with E-state index in [4.69, 9.17) is 4.74 Å². The summed E-state index contributed by atoms with van der Waals surface area (Å²) in [5.74, 6) is -0.0927. The van der Waals surface area contributed by atoms with Crippen LogP contribution < -0.4 is 10.6 Å². The first-order chi connectivity index (χ1) is 11.2. The first-order valence-electron chi connectivity index (χ1n) is 8.75. The Hall–Kier alpha value is -1.18. The van der Waals surface area contributed by atoms with Crippen molar-refractivity contribution in [1.82, 2.24) is 15.5 Å². The molecule has 0 saturated carbocycles. The van der Waals surface area contributed by atoms with Crippen LogP contribution in [0.1, 0.15) is 32.1 Å². The summed E-state index contributed by atoms with van der Waals surface area (Å²) < 4.78 is 5.49. The Balaban J connectivity index is 1.56. The second-order valence-electron chi connectivity index (χ2n) is 6.78. The minimum absolute atomic E-state index is 0.0371. The molecule has 3 heterocycles. The van der Waals surface area contributed by atoms with Crippen molar-refractivity contribution in [3.63, 3.8) is 0 Å². The number of piperidine rings is 1. The maximum Gasteiger partial charge on any atom is 0.252 e. The average Bonchev–Trinajstić information content (AvgIpc) is 3.24. The zero-order valence-corrected chi connectivity index (χ0v) is 13.5. The zero-order chi connectivity index (χ0) is 16.2. The summed E-state index contributed by atoms with van der Waals surface area (Å²) >= 11 is 0. The van der Waals surface area contributed by atoms with E-state index >= 15 is 0 Å². The van der Waals surface area contributed by atoms with Crippen molar-refractivity contribution in [1.29, 1.82) is 0 Å². The standard InChI is InChI=1S/C16H27N3O4/c20-13-10-17-8-11(13)9-18-15(21)12-4-1-2-6-19(12)16(22)14-5-3-7-23-14/h11-14,17,20H,1-10H2,(H,18,21). The number of hydrogen-bond donors (Lipinski definition) is 3. The van der Waals surface area contributed by atoms with Gasteiger partial charge in [0.1, 0.15) is 12.1 Å². The third-order valence-corrected chi connectivity index (χ3v) is 5.14. The highest BCUT2D eigenvalue weighted by Gasteiger charge is 2.37. The molecule has 0 aromatic carbocycles. The van der Waals surface area contributed by atoms with Crippen LogP contribution in [-0.4, -0.2) is 72.9 Å². The maximum atomic E-state index is 12.6. The summed E-state index contributed by atoms with van der Waals surface area (Å²) in [6.45, 7) is 3.00. The number of carbonyl (C=O) groups is 2. The second-order valence-corrected chi connectivity index (χ2v) is 6.78. The SMILES string of the molecule is O=C(NCC1CNCC1O)C1CCCCN1C(=O)C1CCCO1. The molecule has 4 atom stereocenters. The van der Waals surface area contributed by atoms with E-state index < -0.39 is 12.1 Å². The van der Waals surface area contributed by atoms with E-state index in [2.05, 4.69) is 10.6 Å². The Bertz CT molecular complexity index is 439. The molecular weight excluding hydrogens is 298 g/mol. The number of amides is 2. The molecule has 0 aliphatic carbocycles. The highest BCUT2D eigenvalue weighted by molar-refractivity contribution is 5.89. The molecule has 0 aromatic heterocycles. The van der Waals surface area contributed by atoms with E-state index in [-0.39, 0.29) is 23.8 Å². The van der Waals surface area contributed by atoms with E-state index in [0.29, 0.717) is 39.2 Å². The summed E-state index contributed by atoms with van der Waals surface area (Å²) in [5, 5.41) is 15.8.